The van der Waals surface area contributed by atoms with Gasteiger partial charge in [-0.1, -0.05) is 41.5 Å². The van der Waals surface area contributed by atoms with Gasteiger partial charge >= 0.3 is 0 Å². The fraction of sp³-hybridized carbons (Fsp3) is 0.500. The van der Waals surface area contributed by atoms with Crippen molar-refractivity contribution in [3.8, 4) is 17.0 Å². The van der Waals surface area contributed by atoms with Gasteiger partial charge in [-0.05, 0) is 43.7 Å². The Morgan fingerprint density at radius 3 is 1.81 bits per heavy atom. The smallest absolute Gasteiger partial charge is 0.251 e. The van der Waals surface area contributed by atoms with E-state index in [0.29, 0.717) is 11.5 Å². The summed E-state index contributed by atoms with van der Waals surface area (Å²) in [5.41, 5.74) is 6.06. The van der Waals surface area contributed by atoms with Crippen LogP contribution in [0.4, 0.5) is 0 Å². The van der Waals surface area contributed by atoms with Gasteiger partial charge in [0.2, 0.25) is 0 Å². The zero-order valence-electron chi connectivity index (χ0n) is 17.9. The Kier molecular flexibility index (Phi) is 4.33. The molecule has 0 radical (unpaired) electrons. The van der Waals surface area contributed by atoms with Crippen molar-refractivity contribution in [1.29, 1.82) is 0 Å². The van der Waals surface area contributed by atoms with Gasteiger partial charge in [-0.3, -0.25) is 0 Å². The second-order valence-corrected chi connectivity index (χ2v) is 9.46. The van der Waals surface area contributed by atoms with Gasteiger partial charge < -0.3 is 5.11 Å². The number of benzene rings is 1. The third-order valence-electron chi connectivity index (χ3n) is 5.10. The molecule has 0 fully saturated rings. The Balaban J connectivity index is 2.35. The largest absolute Gasteiger partial charge is 0.507 e. The van der Waals surface area contributed by atoms with Gasteiger partial charge in [0.1, 0.15) is 5.75 Å². The molecular weight excluding hydrogens is 336 g/mol. The fourth-order valence-corrected chi connectivity index (χ4v) is 3.31. The van der Waals surface area contributed by atoms with Gasteiger partial charge in [0.25, 0.3) is 5.78 Å². The summed E-state index contributed by atoms with van der Waals surface area (Å²) in [6.07, 6.45) is 0. The van der Waals surface area contributed by atoms with Crippen LogP contribution in [0.5, 0.6) is 5.75 Å². The number of aryl methyl sites for hydroxylation is 3. The average Bonchev–Trinajstić information content (AvgIpc) is 2.82. The molecule has 3 rings (SSSR count). The SMILES string of the molecule is Cc1nc2nc(-c3cc(C(C)(C)C)c(O)c(C(C)(C)C)c3)c(C)n2nc1C. The zero-order valence-corrected chi connectivity index (χ0v) is 17.9. The minimum atomic E-state index is -0.184. The maximum atomic E-state index is 11.0. The molecule has 0 atom stereocenters. The van der Waals surface area contributed by atoms with Crippen molar-refractivity contribution in [1.82, 2.24) is 19.6 Å². The predicted molar refractivity (Wildman–Crippen MR) is 109 cm³/mol. The summed E-state index contributed by atoms with van der Waals surface area (Å²) in [7, 11) is 0. The van der Waals surface area contributed by atoms with Gasteiger partial charge in [0, 0.05) is 16.7 Å². The van der Waals surface area contributed by atoms with Gasteiger partial charge in [-0.25, -0.2) is 14.5 Å². The molecule has 1 N–H and O–H groups in total. The van der Waals surface area contributed by atoms with E-state index < -0.39 is 0 Å². The third-order valence-corrected chi connectivity index (χ3v) is 5.10. The lowest BCUT2D eigenvalue weighted by Crippen LogP contribution is -2.17. The average molecular weight is 367 g/mol. The Morgan fingerprint density at radius 2 is 1.33 bits per heavy atom. The summed E-state index contributed by atoms with van der Waals surface area (Å²) in [4.78, 5) is 9.35. The summed E-state index contributed by atoms with van der Waals surface area (Å²) in [6, 6.07) is 4.11. The monoisotopic (exact) mass is 366 g/mol. The van der Waals surface area contributed by atoms with Crippen LogP contribution in [0.3, 0.4) is 0 Å². The Hall–Kier alpha value is -2.43. The normalized spacial score (nSPS) is 12.8. The quantitative estimate of drug-likeness (QED) is 0.657. The van der Waals surface area contributed by atoms with Gasteiger partial charge in [-0.15, -0.1) is 0 Å². The highest BCUT2D eigenvalue weighted by Crippen LogP contribution is 2.42. The van der Waals surface area contributed by atoms with Crippen molar-refractivity contribution in [2.24, 2.45) is 0 Å². The third kappa shape index (κ3) is 3.31. The number of aromatic hydroxyl groups is 1. The number of phenols is 1. The molecule has 0 spiro atoms. The molecule has 5 heteroatoms. The van der Waals surface area contributed by atoms with Crippen LogP contribution >= 0.6 is 0 Å². The molecule has 0 aliphatic rings. The van der Waals surface area contributed by atoms with Gasteiger partial charge in [0.05, 0.1) is 22.8 Å². The first-order valence-electron chi connectivity index (χ1n) is 9.39. The van der Waals surface area contributed by atoms with Crippen molar-refractivity contribution in [3.63, 3.8) is 0 Å². The zero-order chi connectivity index (χ0) is 20.3. The molecule has 2 heterocycles. The van der Waals surface area contributed by atoms with E-state index in [1.165, 1.54) is 0 Å². The molecule has 3 aromatic rings. The second-order valence-electron chi connectivity index (χ2n) is 9.46. The summed E-state index contributed by atoms with van der Waals surface area (Å²) < 4.78 is 1.80. The van der Waals surface area contributed by atoms with E-state index in [-0.39, 0.29) is 10.8 Å². The second kappa shape index (κ2) is 6.04. The Morgan fingerprint density at radius 1 is 0.815 bits per heavy atom. The topological polar surface area (TPSA) is 63.3 Å². The summed E-state index contributed by atoms with van der Waals surface area (Å²) >= 11 is 0. The number of nitrogens with zero attached hydrogens (tertiary/aromatic N) is 4. The molecule has 0 aliphatic carbocycles. The molecule has 5 nitrogen and oxygen atoms in total. The first kappa shape index (κ1) is 19.3. The molecular formula is C22H30N4O. The Bertz CT molecular complexity index is 998. The number of fused-ring (bicyclic) bond motifs is 1. The molecule has 0 saturated heterocycles. The van der Waals surface area contributed by atoms with Crippen LogP contribution in [0.2, 0.25) is 0 Å². The van der Waals surface area contributed by atoms with E-state index in [2.05, 4.69) is 63.8 Å². The van der Waals surface area contributed by atoms with Crippen molar-refractivity contribution >= 4 is 5.78 Å². The maximum Gasteiger partial charge on any atom is 0.251 e. The summed E-state index contributed by atoms with van der Waals surface area (Å²) in [5.74, 6) is 0.983. The lowest BCUT2D eigenvalue weighted by Gasteiger charge is -2.28. The summed E-state index contributed by atoms with van der Waals surface area (Å²) in [6.45, 7) is 18.6. The molecule has 0 aliphatic heterocycles. The molecule has 27 heavy (non-hydrogen) atoms. The predicted octanol–water partition coefficient (Wildman–Crippen LogP) is 5.02. The molecule has 0 unspecified atom stereocenters. The molecule has 0 amide bonds. The number of hydrogen-bond donors (Lipinski definition) is 1. The summed E-state index contributed by atoms with van der Waals surface area (Å²) in [5, 5.41) is 15.6. The first-order valence-corrected chi connectivity index (χ1v) is 9.39. The van der Waals surface area contributed by atoms with Crippen LogP contribution in [-0.2, 0) is 10.8 Å². The van der Waals surface area contributed by atoms with Gasteiger partial charge in [0.15, 0.2) is 0 Å². The molecule has 144 valence electrons. The van der Waals surface area contributed by atoms with Crippen LogP contribution in [0.25, 0.3) is 17.0 Å². The number of phenolic OH excluding ortho intramolecular Hbond substituents is 1. The number of aromatic nitrogens is 4. The van der Waals surface area contributed by atoms with Gasteiger partial charge in [-0.2, -0.15) is 5.10 Å². The lowest BCUT2D eigenvalue weighted by atomic mass is 9.78. The highest BCUT2D eigenvalue weighted by molar-refractivity contribution is 5.70. The van der Waals surface area contributed by atoms with Crippen molar-refractivity contribution in [2.45, 2.75) is 73.1 Å². The molecule has 2 aromatic heterocycles. The van der Waals surface area contributed by atoms with E-state index in [1.54, 1.807) is 4.52 Å². The lowest BCUT2D eigenvalue weighted by molar-refractivity contribution is 0.423. The molecule has 0 saturated carbocycles. The first-order chi connectivity index (χ1) is 12.3. The van der Waals surface area contributed by atoms with E-state index in [0.717, 1.165) is 39.5 Å². The van der Waals surface area contributed by atoms with Crippen molar-refractivity contribution < 1.29 is 5.11 Å². The Labute approximate surface area is 161 Å². The van der Waals surface area contributed by atoms with E-state index in [1.807, 2.05) is 20.8 Å². The number of imidazole rings is 1. The maximum absolute atomic E-state index is 11.0. The molecule has 0 bridgehead atoms. The van der Waals surface area contributed by atoms with E-state index in [4.69, 9.17) is 4.98 Å². The van der Waals surface area contributed by atoms with Crippen LogP contribution in [0.15, 0.2) is 12.1 Å². The number of hydrogen-bond acceptors (Lipinski definition) is 4. The highest BCUT2D eigenvalue weighted by atomic mass is 16.3. The standard InChI is InChI=1S/C22H30N4O/c1-12-13(2)25-26-14(3)18(24-20(26)23-12)15-10-16(21(4,5)6)19(27)17(11-15)22(7,8)9/h10-11,27H,1-9H3. The minimum Gasteiger partial charge on any atom is -0.507 e. The van der Waals surface area contributed by atoms with Crippen LogP contribution < -0.4 is 0 Å². The van der Waals surface area contributed by atoms with Crippen LogP contribution in [0.1, 0.15) is 69.8 Å². The van der Waals surface area contributed by atoms with E-state index >= 15 is 0 Å². The van der Waals surface area contributed by atoms with E-state index in [9.17, 15) is 5.11 Å². The minimum absolute atomic E-state index is 0.184. The number of rotatable bonds is 1. The van der Waals surface area contributed by atoms with Crippen LogP contribution in [-0.4, -0.2) is 24.7 Å². The highest BCUT2D eigenvalue weighted by Gasteiger charge is 2.28. The fourth-order valence-electron chi connectivity index (χ4n) is 3.31. The molecule has 1 aromatic carbocycles. The van der Waals surface area contributed by atoms with Crippen molar-refractivity contribution in [3.05, 3.63) is 40.3 Å². The van der Waals surface area contributed by atoms with Crippen LogP contribution in [0, 0.1) is 20.8 Å². The van der Waals surface area contributed by atoms with Crippen molar-refractivity contribution in [2.75, 3.05) is 0 Å².